The molecule has 0 radical (unpaired) electrons. The molecule has 2 aromatic heterocycles. The zero-order valence-corrected chi connectivity index (χ0v) is 18.9. The number of hydrogen-bond donors (Lipinski definition) is 0. The molecule has 0 saturated carbocycles. The first kappa shape index (κ1) is 21.1. The molecule has 1 aromatic carbocycles. The highest BCUT2D eigenvalue weighted by atomic mass is 32.2. The summed E-state index contributed by atoms with van der Waals surface area (Å²) < 4.78 is 19.7. The first-order chi connectivity index (χ1) is 14.2. The van der Waals surface area contributed by atoms with Crippen molar-refractivity contribution in [2.45, 2.75) is 51.0 Å². The second-order valence-corrected chi connectivity index (χ2v) is 10.5. The SMILES string of the molecule is Cn1c(=O)n(CC(C)(C)C)c2ccc(C3CCCN(Sc4ccccc4F)C3)nc21. The fourth-order valence-electron chi connectivity index (χ4n) is 4.07. The van der Waals surface area contributed by atoms with Crippen molar-refractivity contribution in [1.29, 1.82) is 0 Å². The zero-order valence-electron chi connectivity index (χ0n) is 18.1. The van der Waals surface area contributed by atoms with Crippen LogP contribution in [0.3, 0.4) is 0 Å². The summed E-state index contributed by atoms with van der Waals surface area (Å²) in [6.45, 7) is 8.78. The fourth-order valence-corrected chi connectivity index (χ4v) is 5.11. The number of aryl methyl sites for hydroxylation is 1. The number of aromatic nitrogens is 3. The van der Waals surface area contributed by atoms with Gasteiger partial charge in [-0.3, -0.25) is 9.13 Å². The molecule has 1 unspecified atom stereocenters. The maximum atomic E-state index is 14.0. The lowest BCUT2D eigenvalue weighted by Crippen LogP contribution is -2.29. The van der Waals surface area contributed by atoms with Crippen molar-refractivity contribution < 1.29 is 4.39 Å². The monoisotopic (exact) mass is 428 g/mol. The van der Waals surface area contributed by atoms with Crippen molar-refractivity contribution in [2.75, 3.05) is 13.1 Å². The Balaban J connectivity index is 1.59. The molecular formula is C23H29FN4OS. The van der Waals surface area contributed by atoms with Gasteiger partial charge in [0.25, 0.3) is 0 Å². The van der Waals surface area contributed by atoms with Gasteiger partial charge in [0.1, 0.15) is 5.82 Å². The number of rotatable bonds is 4. The summed E-state index contributed by atoms with van der Waals surface area (Å²) in [5, 5.41) is 0. The highest BCUT2D eigenvalue weighted by Crippen LogP contribution is 2.34. The predicted molar refractivity (Wildman–Crippen MR) is 120 cm³/mol. The molecule has 1 atom stereocenters. The van der Waals surface area contributed by atoms with Crippen LogP contribution in [0, 0.1) is 11.2 Å². The van der Waals surface area contributed by atoms with E-state index in [-0.39, 0.29) is 22.8 Å². The van der Waals surface area contributed by atoms with Gasteiger partial charge < -0.3 is 0 Å². The molecule has 30 heavy (non-hydrogen) atoms. The van der Waals surface area contributed by atoms with Crippen LogP contribution in [0.25, 0.3) is 11.2 Å². The van der Waals surface area contributed by atoms with Crippen LogP contribution in [0.1, 0.15) is 45.2 Å². The molecule has 1 aliphatic rings. The molecule has 160 valence electrons. The molecule has 4 rings (SSSR count). The number of pyridine rings is 1. The third-order valence-corrected chi connectivity index (χ3v) is 6.62. The molecule has 0 spiro atoms. The average molecular weight is 429 g/mol. The van der Waals surface area contributed by atoms with Gasteiger partial charge in [-0.25, -0.2) is 18.5 Å². The lowest BCUT2D eigenvalue weighted by atomic mass is 9.95. The average Bonchev–Trinajstić information content (AvgIpc) is 2.93. The molecule has 3 heterocycles. The van der Waals surface area contributed by atoms with Crippen LogP contribution in [0.4, 0.5) is 4.39 Å². The molecular weight excluding hydrogens is 399 g/mol. The molecule has 0 bridgehead atoms. The molecule has 0 N–H and O–H groups in total. The Morgan fingerprint density at radius 2 is 1.97 bits per heavy atom. The third-order valence-electron chi connectivity index (χ3n) is 5.50. The van der Waals surface area contributed by atoms with E-state index in [1.54, 1.807) is 17.7 Å². The lowest BCUT2D eigenvalue weighted by Gasteiger charge is -2.31. The standard InChI is InChI=1S/C23H29FN4OS/c1-23(2,3)15-28-19-12-11-18(25-21(19)26(4)22(28)29)16-8-7-13-27(14-16)30-20-10-6-5-9-17(20)24/h5-6,9-12,16H,7-8,13-15H2,1-4H3. The van der Waals surface area contributed by atoms with E-state index in [1.807, 2.05) is 22.8 Å². The van der Waals surface area contributed by atoms with Gasteiger partial charge >= 0.3 is 5.69 Å². The maximum absolute atomic E-state index is 14.0. The van der Waals surface area contributed by atoms with E-state index in [2.05, 4.69) is 31.1 Å². The summed E-state index contributed by atoms with van der Waals surface area (Å²) in [6.07, 6.45) is 2.08. The molecule has 1 saturated heterocycles. The van der Waals surface area contributed by atoms with E-state index in [0.29, 0.717) is 11.4 Å². The summed E-state index contributed by atoms with van der Waals surface area (Å²) in [5.74, 6) is 0.0860. The highest BCUT2D eigenvalue weighted by Gasteiger charge is 2.25. The summed E-state index contributed by atoms with van der Waals surface area (Å²) in [4.78, 5) is 18.3. The van der Waals surface area contributed by atoms with Gasteiger partial charge in [-0.2, -0.15) is 0 Å². The normalized spacial score (nSPS) is 18.2. The van der Waals surface area contributed by atoms with E-state index in [9.17, 15) is 9.18 Å². The van der Waals surface area contributed by atoms with E-state index < -0.39 is 0 Å². The van der Waals surface area contributed by atoms with Crippen molar-refractivity contribution in [3.8, 4) is 0 Å². The minimum atomic E-state index is -0.181. The smallest absolute Gasteiger partial charge is 0.290 e. The van der Waals surface area contributed by atoms with Crippen LogP contribution >= 0.6 is 11.9 Å². The lowest BCUT2D eigenvalue weighted by molar-refractivity contribution is 0.338. The Morgan fingerprint density at radius 1 is 1.20 bits per heavy atom. The molecule has 5 nitrogen and oxygen atoms in total. The predicted octanol–water partition coefficient (Wildman–Crippen LogP) is 4.81. The Kier molecular flexibility index (Phi) is 5.77. The Morgan fingerprint density at radius 3 is 2.70 bits per heavy atom. The molecule has 0 amide bonds. The number of benzene rings is 1. The first-order valence-electron chi connectivity index (χ1n) is 10.5. The number of halogens is 1. The van der Waals surface area contributed by atoms with E-state index in [4.69, 9.17) is 4.98 Å². The third kappa shape index (κ3) is 4.32. The number of nitrogens with zero attached hydrogens (tertiary/aromatic N) is 4. The van der Waals surface area contributed by atoms with Gasteiger partial charge in [-0.05, 0) is 54.5 Å². The summed E-state index contributed by atoms with van der Waals surface area (Å²) in [7, 11) is 1.79. The second-order valence-electron chi connectivity index (χ2n) is 9.32. The Bertz CT molecular complexity index is 1110. The van der Waals surface area contributed by atoms with Crippen LogP contribution in [-0.4, -0.2) is 31.5 Å². The number of fused-ring (bicyclic) bond motifs is 1. The van der Waals surface area contributed by atoms with Gasteiger partial charge in [-0.15, -0.1) is 0 Å². The topological polar surface area (TPSA) is 43.1 Å². The van der Waals surface area contributed by atoms with Crippen LogP contribution in [0.5, 0.6) is 0 Å². The van der Waals surface area contributed by atoms with Crippen molar-refractivity contribution in [1.82, 2.24) is 18.4 Å². The fraction of sp³-hybridized carbons (Fsp3) is 0.478. The minimum Gasteiger partial charge on any atom is -0.290 e. The van der Waals surface area contributed by atoms with Gasteiger partial charge in [0.15, 0.2) is 5.65 Å². The Hall–Kier alpha value is -2.12. The molecule has 3 aromatic rings. The van der Waals surface area contributed by atoms with Gasteiger partial charge in [-0.1, -0.05) is 32.9 Å². The number of hydrogen-bond acceptors (Lipinski definition) is 4. The maximum Gasteiger partial charge on any atom is 0.330 e. The first-order valence-corrected chi connectivity index (χ1v) is 11.2. The van der Waals surface area contributed by atoms with Crippen LogP contribution in [0.15, 0.2) is 46.1 Å². The van der Waals surface area contributed by atoms with Gasteiger partial charge in [0.2, 0.25) is 0 Å². The van der Waals surface area contributed by atoms with Crippen LogP contribution in [0.2, 0.25) is 0 Å². The second kappa shape index (κ2) is 8.19. The van der Waals surface area contributed by atoms with Crippen molar-refractivity contribution in [3.05, 3.63) is 58.4 Å². The van der Waals surface area contributed by atoms with E-state index in [1.165, 1.54) is 18.0 Å². The van der Waals surface area contributed by atoms with E-state index >= 15 is 0 Å². The summed E-state index contributed by atoms with van der Waals surface area (Å²) in [5.41, 5.74) is 2.61. The molecule has 7 heteroatoms. The molecule has 0 aliphatic carbocycles. The van der Waals surface area contributed by atoms with Crippen LogP contribution in [-0.2, 0) is 13.6 Å². The van der Waals surface area contributed by atoms with Crippen molar-refractivity contribution in [2.24, 2.45) is 12.5 Å². The largest absolute Gasteiger partial charge is 0.330 e. The van der Waals surface area contributed by atoms with Crippen LogP contribution < -0.4 is 5.69 Å². The zero-order chi connectivity index (χ0) is 21.5. The minimum absolute atomic E-state index is 0.00455. The Labute approximate surface area is 181 Å². The summed E-state index contributed by atoms with van der Waals surface area (Å²) >= 11 is 1.48. The quantitative estimate of drug-likeness (QED) is 0.560. The molecule has 1 aliphatic heterocycles. The number of piperidine rings is 1. The van der Waals surface area contributed by atoms with Gasteiger partial charge in [0.05, 0.1) is 10.4 Å². The summed E-state index contributed by atoms with van der Waals surface area (Å²) in [6, 6.07) is 11.0. The van der Waals surface area contributed by atoms with E-state index in [0.717, 1.165) is 42.8 Å². The number of imidazole rings is 1. The van der Waals surface area contributed by atoms with Crippen molar-refractivity contribution >= 4 is 23.1 Å². The van der Waals surface area contributed by atoms with Gasteiger partial charge in [0, 0.05) is 38.3 Å². The molecule has 1 fully saturated rings. The highest BCUT2D eigenvalue weighted by molar-refractivity contribution is 7.97. The van der Waals surface area contributed by atoms with Crippen molar-refractivity contribution in [3.63, 3.8) is 0 Å².